The molecule has 3 aromatic rings. The van der Waals surface area contributed by atoms with Gasteiger partial charge in [0.1, 0.15) is 6.61 Å². The Hall–Kier alpha value is -1.30. The normalized spacial score (nSPS) is 10.7. The molecule has 0 bridgehead atoms. The summed E-state index contributed by atoms with van der Waals surface area (Å²) < 4.78 is 12.6. The third kappa shape index (κ3) is 6.12. The first-order valence-electron chi connectivity index (χ1n) is 9.08. The van der Waals surface area contributed by atoms with Gasteiger partial charge in [-0.15, -0.1) is 0 Å². The van der Waals surface area contributed by atoms with Crippen molar-refractivity contribution in [3.63, 3.8) is 0 Å². The highest BCUT2D eigenvalue weighted by atomic mass is 79.9. The van der Waals surface area contributed by atoms with Crippen molar-refractivity contribution in [2.75, 3.05) is 11.9 Å². The molecule has 30 heavy (non-hydrogen) atoms. The van der Waals surface area contributed by atoms with Crippen molar-refractivity contribution in [2.24, 2.45) is 0 Å². The van der Waals surface area contributed by atoms with Crippen molar-refractivity contribution in [3.8, 4) is 11.5 Å². The summed E-state index contributed by atoms with van der Waals surface area (Å²) in [5, 5.41) is 5.35. The Morgan fingerprint density at radius 3 is 2.17 bits per heavy atom. The van der Waals surface area contributed by atoms with Crippen LogP contribution in [0.15, 0.2) is 53.0 Å². The molecule has 0 aliphatic rings. The predicted octanol–water partition coefficient (Wildman–Crippen LogP) is 8.65. The van der Waals surface area contributed by atoms with Gasteiger partial charge in [0, 0.05) is 12.2 Å². The first kappa shape index (κ1) is 23.4. The van der Waals surface area contributed by atoms with E-state index < -0.39 is 0 Å². The molecule has 0 aromatic heterocycles. The van der Waals surface area contributed by atoms with Crippen molar-refractivity contribution in [2.45, 2.75) is 20.1 Å². The number of hydrogen-bond donors (Lipinski definition) is 1. The SMILES string of the molecule is CCOc1cc(CNc2ccc(Cl)c(Cl)c2)cc(Br)c1OCc1ccc(Cl)c(Cl)c1. The van der Waals surface area contributed by atoms with Gasteiger partial charge in [0.05, 0.1) is 31.2 Å². The Labute approximate surface area is 204 Å². The molecule has 0 amide bonds. The number of benzene rings is 3. The Kier molecular flexibility index (Phi) is 8.44. The van der Waals surface area contributed by atoms with Crippen molar-refractivity contribution in [1.82, 2.24) is 0 Å². The van der Waals surface area contributed by atoms with Gasteiger partial charge in [-0.25, -0.2) is 0 Å². The fourth-order valence-corrected chi connectivity index (χ4v) is 3.94. The summed E-state index contributed by atoms with van der Waals surface area (Å²) in [7, 11) is 0. The number of nitrogens with one attached hydrogen (secondary N) is 1. The summed E-state index contributed by atoms with van der Waals surface area (Å²) in [5.74, 6) is 1.28. The Bertz CT molecular complexity index is 1050. The second-order valence-corrected chi connectivity index (χ2v) is 8.84. The van der Waals surface area contributed by atoms with Crippen LogP contribution in [0.3, 0.4) is 0 Å². The first-order valence-corrected chi connectivity index (χ1v) is 11.4. The fraction of sp³-hybridized carbons (Fsp3) is 0.182. The molecule has 1 N–H and O–H groups in total. The smallest absolute Gasteiger partial charge is 0.175 e. The van der Waals surface area contributed by atoms with Gasteiger partial charge in [-0.3, -0.25) is 0 Å². The molecule has 0 radical (unpaired) electrons. The average Bonchev–Trinajstić information content (AvgIpc) is 2.71. The van der Waals surface area contributed by atoms with Crippen molar-refractivity contribution < 1.29 is 9.47 Å². The Morgan fingerprint density at radius 2 is 1.50 bits per heavy atom. The molecule has 0 aliphatic heterocycles. The maximum Gasteiger partial charge on any atom is 0.175 e. The van der Waals surface area contributed by atoms with Gasteiger partial charge in [0.25, 0.3) is 0 Å². The van der Waals surface area contributed by atoms with Gasteiger partial charge in [-0.2, -0.15) is 0 Å². The lowest BCUT2D eigenvalue weighted by Crippen LogP contribution is -2.04. The van der Waals surface area contributed by atoms with Gasteiger partial charge < -0.3 is 14.8 Å². The highest BCUT2D eigenvalue weighted by molar-refractivity contribution is 9.10. The lowest BCUT2D eigenvalue weighted by atomic mass is 10.2. The second-order valence-electron chi connectivity index (χ2n) is 6.36. The summed E-state index contributed by atoms with van der Waals surface area (Å²) >= 11 is 27.7. The average molecular weight is 550 g/mol. The van der Waals surface area contributed by atoms with Crippen LogP contribution in [0.2, 0.25) is 20.1 Å². The number of hydrogen-bond acceptors (Lipinski definition) is 3. The van der Waals surface area contributed by atoms with Gasteiger partial charge in [-0.05, 0) is 76.4 Å². The van der Waals surface area contributed by atoms with Crippen LogP contribution < -0.4 is 14.8 Å². The van der Waals surface area contributed by atoms with Crippen LogP contribution in [-0.4, -0.2) is 6.61 Å². The van der Waals surface area contributed by atoms with E-state index in [0.717, 1.165) is 21.3 Å². The molecule has 3 nitrogen and oxygen atoms in total. The monoisotopic (exact) mass is 547 g/mol. The Balaban J connectivity index is 1.75. The summed E-state index contributed by atoms with van der Waals surface area (Å²) in [6, 6.07) is 14.8. The molecule has 0 saturated carbocycles. The van der Waals surface area contributed by atoms with Crippen molar-refractivity contribution in [3.05, 3.63) is 84.2 Å². The van der Waals surface area contributed by atoms with E-state index in [9.17, 15) is 0 Å². The molecule has 3 rings (SSSR count). The lowest BCUT2D eigenvalue weighted by Gasteiger charge is -2.16. The van der Waals surface area contributed by atoms with E-state index in [2.05, 4.69) is 21.2 Å². The topological polar surface area (TPSA) is 30.5 Å². The van der Waals surface area contributed by atoms with Gasteiger partial charge in [0.15, 0.2) is 11.5 Å². The van der Waals surface area contributed by atoms with Gasteiger partial charge in [-0.1, -0.05) is 52.5 Å². The summed E-state index contributed by atoms with van der Waals surface area (Å²) in [6.07, 6.45) is 0. The molecule has 8 heteroatoms. The van der Waals surface area contributed by atoms with Gasteiger partial charge in [0.2, 0.25) is 0 Å². The quantitative estimate of drug-likeness (QED) is 0.305. The van der Waals surface area contributed by atoms with Crippen LogP contribution in [0.1, 0.15) is 18.1 Å². The first-order chi connectivity index (χ1) is 14.4. The molecule has 3 aromatic carbocycles. The van der Waals surface area contributed by atoms with Crippen LogP contribution in [0.5, 0.6) is 11.5 Å². The largest absolute Gasteiger partial charge is 0.490 e. The molecule has 0 atom stereocenters. The minimum atomic E-state index is 0.330. The summed E-state index contributed by atoms with van der Waals surface area (Å²) in [6.45, 7) is 3.34. The highest BCUT2D eigenvalue weighted by Gasteiger charge is 2.13. The third-order valence-corrected chi connectivity index (χ3v) is 6.22. The summed E-state index contributed by atoms with van der Waals surface area (Å²) in [5.41, 5.74) is 2.79. The van der Waals surface area contributed by atoms with Gasteiger partial charge >= 0.3 is 0 Å². The molecule has 0 fully saturated rings. The van der Waals surface area contributed by atoms with E-state index >= 15 is 0 Å². The van der Waals surface area contributed by atoms with Crippen molar-refractivity contribution in [1.29, 1.82) is 0 Å². The fourth-order valence-electron chi connectivity index (χ4n) is 2.72. The van der Waals surface area contributed by atoms with Crippen LogP contribution in [0, 0.1) is 0 Å². The lowest BCUT2D eigenvalue weighted by molar-refractivity contribution is 0.267. The van der Waals surface area contributed by atoms with Crippen LogP contribution >= 0.6 is 62.3 Å². The number of anilines is 1. The van der Waals surface area contributed by atoms with Crippen LogP contribution in [0.4, 0.5) is 5.69 Å². The third-order valence-electron chi connectivity index (χ3n) is 4.15. The maximum absolute atomic E-state index is 6.09. The predicted molar refractivity (Wildman–Crippen MR) is 130 cm³/mol. The van der Waals surface area contributed by atoms with E-state index in [1.807, 2.05) is 31.2 Å². The maximum atomic E-state index is 6.09. The van der Waals surface area contributed by atoms with E-state index in [-0.39, 0.29) is 0 Å². The zero-order valence-electron chi connectivity index (χ0n) is 15.9. The number of halogens is 5. The van der Waals surface area contributed by atoms with E-state index in [1.54, 1.807) is 24.3 Å². The Morgan fingerprint density at radius 1 is 0.800 bits per heavy atom. The number of ether oxygens (including phenoxy) is 2. The zero-order valence-corrected chi connectivity index (χ0v) is 20.6. The molecule has 0 aliphatic carbocycles. The minimum absolute atomic E-state index is 0.330. The molecule has 0 heterocycles. The molecule has 158 valence electrons. The molecular formula is C22H18BrCl4NO2. The zero-order chi connectivity index (χ0) is 21.7. The standard InChI is InChI=1S/C22H18BrCl4NO2/c1-2-29-21-9-14(11-28-15-4-6-18(25)20(27)10-15)7-16(23)22(21)30-12-13-3-5-17(24)19(26)8-13/h3-10,28H,2,11-12H2,1H3. The molecule has 0 unspecified atom stereocenters. The minimum Gasteiger partial charge on any atom is -0.490 e. The van der Waals surface area contributed by atoms with Crippen LogP contribution in [-0.2, 0) is 13.2 Å². The van der Waals surface area contributed by atoms with E-state index in [1.165, 1.54) is 0 Å². The highest BCUT2D eigenvalue weighted by Crippen LogP contribution is 2.38. The van der Waals surface area contributed by atoms with E-state index in [4.69, 9.17) is 55.9 Å². The molecule has 0 spiro atoms. The van der Waals surface area contributed by atoms with Crippen LogP contribution in [0.25, 0.3) is 0 Å². The second kappa shape index (κ2) is 10.8. The van der Waals surface area contributed by atoms with Crippen molar-refractivity contribution >= 4 is 68.0 Å². The summed E-state index contributed by atoms with van der Waals surface area (Å²) in [4.78, 5) is 0. The van der Waals surface area contributed by atoms with E-state index in [0.29, 0.717) is 51.3 Å². The molecule has 0 saturated heterocycles. The molecular weight excluding hydrogens is 532 g/mol. The number of rotatable bonds is 8.